The number of piperidine rings is 1. The number of likely N-dealkylation sites (tertiary alicyclic amines) is 1. The molecule has 6 rings (SSSR count). The third kappa shape index (κ3) is 1.62. The van der Waals surface area contributed by atoms with E-state index in [-0.39, 0.29) is 0 Å². The third-order valence-electron chi connectivity index (χ3n) is 7.74. The maximum Gasteiger partial charge on any atom is 0.165 e. The third-order valence-corrected chi connectivity index (χ3v) is 7.74. The second kappa shape index (κ2) is 4.69. The Morgan fingerprint density at radius 2 is 2.17 bits per heavy atom. The first-order chi connectivity index (χ1) is 11.8. The number of ether oxygens (including phenoxy) is 2. The second-order valence-corrected chi connectivity index (χ2v) is 8.78. The van der Waals surface area contributed by atoms with Gasteiger partial charge in [0.15, 0.2) is 11.5 Å². The molecule has 2 bridgehead atoms. The summed E-state index contributed by atoms with van der Waals surface area (Å²) >= 11 is 0. The van der Waals surface area contributed by atoms with E-state index in [1.807, 2.05) is 0 Å². The molecule has 5 aliphatic rings. The molecule has 3 fully saturated rings. The Labute approximate surface area is 144 Å². The highest BCUT2D eigenvalue weighted by molar-refractivity contribution is 5.60. The Balaban J connectivity index is 1.51. The summed E-state index contributed by atoms with van der Waals surface area (Å²) in [6.07, 6.45) is 9.78. The van der Waals surface area contributed by atoms with Crippen molar-refractivity contribution in [2.45, 2.75) is 62.5 Å². The number of rotatable bonds is 3. The zero-order chi connectivity index (χ0) is 15.9. The van der Waals surface area contributed by atoms with Crippen molar-refractivity contribution in [1.82, 2.24) is 4.90 Å². The smallest absolute Gasteiger partial charge is 0.165 e. The zero-order valence-corrected chi connectivity index (χ0v) is 14.6. The van der Waals surface area contributed by atoms with Crippen LogP contribution in [-0.2, 0) is 11.8 Å². The van der Waals surface area contributed by atoms with Gasteiger partial charge in [0.05, 0.1) is 7.11 Å². The summed E-state index contributed by atoms with van der Waals surface area (Å²) in [4.78, 5) is 2.86. The van der Waals surface area contributed by atoms with Gasteiger partial charge in [-0.25, -0.2) is 0 Å². The van der Waals surface area contributed by atoms with Crippen LogP contribution < -0.4 is 9.47 Å². The van der Waals surface area contributed by atoms with Crippen molar-refractivity contribution in [3.8, 4) is 11.5 Å². The van der Waals surface area contributed by atoms with Crippen molar-refractivity contribution in [2.24, 2.45) is 11.8 Å². The van der Waals surface area contributed by atoms with Gasteiger partial charge in [0.1, 0.15) is 6.10 Å². The van der Waals surface area contributed by atoms with Gasteiger partial charge in [0.2, 0.25) is 0 Å². The molecule has 24 heavy (non-hydrogen) atoms. The van der Waals surface area contributed by atoms with Crippen LogP contribution in [0, 0.1) is 11.8 Å². The molecule has 1 unspecified atom stereocenters. The Kier molecular flexibility index (Phi) is 2.74. The van der Waals surface area contributed by atoms with E-state index in [9.17, 15) is 0 Å². The molecule has 2 heterocycles. The van der Waals surface area contributed by atoms with Crippen molar-refractivity contribution in [1.29, 1.82) is 0 Å². The molecule has 0 radical (unpaired) electrons. The fourth-order valence-electron chi connectivity index (χ4n) is 6.60. The molecule has 3 heteroatoms. The van der Waals surface area contributed by atoms with Crippen LogP contribution in [0.3, 0.4) is 0 Å². The average molecular weight is 325 g/mol. The van der Waals surface area contributed by atoms with Crippen molar-refractivity contribution in [3.63, 3.8) is 0 Å². The van der Waals surface area contributed by atoms with Crippen LogP contribution in [0.4, 0.5) is 0 Å². The Bertz CT molecular complexity index is 697. The topological polar surface area (TPSA) is 21.7 Å². The minimum atomic E-state index is 0.292. The van der Waals surface area contributed by atoms with Gasteiger partial charge in [-0.15, -0.1) is 0 Å². The predicted molar refractivity (Wildman–Crippen MR) is 92.8 cm³/mol. The SMILES string of the molecule is COc1ccc2c3c1O[C@H]1CCCC4[C@@H](C2)N(CC2CC2)CC[C@@]341. The molecule has 0 N–H and O–H groups in total. The fraction of sp³-hybridized carbons (Fsp3) is 0.714. The maximum atomic E-state index is 6.59. The minimum absolute atomic E-state index is 0.292. The van der Waals surface area contributed by atoms with Crippen molar-refractivity contribution >= 4 is 0 Å². The van der Waals surface area contributed by atoms with Crippen molar-refractivity contribution in [2.75, 3.05) is 20.2 Å². The Morgan fingerprint density at radius 3 is 3.00 bits per heavy atom. The van der Waals surface area contributed by atoms with Gasteiger partial charge in [-0.3, -0.25) is 4.90 Å². The summed E-state index contributed by atoms with van der Waals surface area (Å²) in [5.41, 5.74) is 3.40. The van der Waals surface area contributed by atoms with Gasteiger partial charge in [-0.1, -0.05) is 6.07 Å². The molecule has 3 aliphatic carbocycles. The second-order valence-electron chi connectivity index (χ2n) is 8.78. The van der Waals surface area contributed by atoms with E-state index in [0.717, 1.165) is 29.4 Å². The minimum Gasteiger partial charge on any atom is -0.493 e. The number of hydrogen-bond donors (Lipinski definition) is 0. The molecule has 1 aromatic carbocycles. The van der Waals surface area contributed by atoms with Gasteiger partial charge in [-0.05, 0) is 75.0 Å². The number of hydrogen-bond acceptors (Lipinski definition) is 3. The molecule has 1 spiro atoms. The van der Waals surface area contributed by atoms with E-state index in [0.29, 0.717) is 11.5 Å². The molecule has 128 valence electrons. The lowest BCUT2D eigenvalue weighted by atomic mass is 9.52. The van der Waals surface area contributed by atoms with Crippen LogP contribution in [0.2, 0.25) is 0 Å². The van der Waals surface area contributed by atoms with E-state index in [1.54, 1.807) is 18.2 Å². The first-order valence-electron chi connectivity index (χ1n) is 9.92. The molecule has 2 saturated carbocycles. The van der Waals surface area contributed by atoms with E-state index >= 15 is 0 Å². The largest absolute Gasteiger partial charge is 0.493 e. The summed E-state index contributed by atoms with van der Waals surface area (Å²) in [5, 5.41) is 0. The normalized spacial score (nSPS) is 39.3. The lowest BCUT2D eigenvalue weighted by Gasteiger charge is -2.58. The lowest BCUT2D eigenvalue weighted by molar-refractivity contribution is -0.0529. The summed E-state index contributed by atoms with van der Waals surface area (Å²) in [7, 11) is 1.78. The summed E-state index contributed by atoms with van der Waals surface area (Å²) in [6, 6.07) is 5.23. The van der Waals surface area contributed by atoms with E-state index in [2.05, 4.69) is 17.0 Å². The standard InChI is InChI=1S/C21H27NO2/c1-23-17-8-7-14-11-16-15-3-2-4-18-21(15,19(14)20(17)24-18)9-10-22(16)12-13-5-6-13/h7-8,13,15-16,18H,2-6,9-12H2,1H3/t15?,16-,18+,21-/m1/s1. The lowest BCUT2D eigenvalue weighted by Crippen LogP contribution is -2.64. The quantitative estimate of drug-likeness (QED) is 0.848. The average Bonchev–Trinajstić information content (AvgIpc) is 3.35. The first-order valence-corrected chi connectivity index (χ1v) is 9.92. The Morgan fingerprint density at radius 1 is 1.25 bits per heavy atom. The highest BCUT2D eigenvalue weighted by Crippen LogP contribution is 2.64. The Hall–Kier alpha value is -1.22. The van der Waals surface area contributed by atoms with Crippen LogP contribution in [0.1, 0.15) is 49.7 Å². The van der Waals surface area contributed by atoms with Crippen LogP contribution in [0.25, 0.3) is 0 Å². The van der Waals surface area contributed by atoms with Gasteiger partial charge in [0.25, 0.3) is 0 Å². The van der Waals surface area contributed by atoms with Crippen LogP contribution >= 0.6 is 0 Å². The van der Waals surface area contributed by atoms with Gasteiger partial charge in [0, 0.05) is 23.6 Å². The molecule has 1 aromatic rings. The molecule has 4 atom stereocenters. The maximum absolute atomic E-state index is 6.59. The number of nitrogens with zero attached hydrogens (tertiary/aromatic N) is 1. The van der Waals surface area contributed by atoms with E-state index < -0.39 is 0 Å². The van der Waals surface area contributed by atoms with Crippen molar-refractivity contribution in [3.05, 3.63) is 23.3 Å². The molecule has 3 nitrogen and oxygen atoms in total. The molecule has 1 saturated heterocycles. The van der Waals surface area contributed by atoms with Crippen molar-refractivity contribution < 1.29 is 9.47 Å². The van der Waals surface area contributed by atoms with Crippen LogP contribution in [-0.4, -0.2) is 37.2 Å². The highest BCUT2D eigenvalue weighted by atomic mass is 16.5. The first kappa shape index (κ1) is 14.0. The monoisotopic (exact) mass is 325 g/mol. The summed E-state index contributed by atoms with van der Waals surface area (Å²) in [5.74, 6) is 3.84. The van der Waals surface area contributed by atoms with Crippen LogP contribution in [0.15, 0.2) is 12.1 Å². The molecule has 0 aromatic heterocycles. The van der Waals surface area contributed by atoms with Gasteiger partial charge in [-0.2, -0.15) is 0 Å². The molecular formula is C21H27NO2. The number of methoxy groups -OCH3 is 1. The van der Waals surface area contributed by atoms with Gasteiger partial charge >= 0.3 is 0 Å². The zero-order valence-electron chi connectivity index (χ0n) is 14.6. The van der Waals surface area contributed by atoms with E-state index in [4.69, 9.17) is 9.47 Å². The molecular weight excluding hydrogens is 298 g/mol. The molecule has 0 amide bonds. The summed E-state index contributed by atoms with van der Waals surface area (Å²) < 4.78 is 12.2. The predicted octanol–water partition coefficient (Wildman–Crippen LogP) is 3.53. The fourth-order valence-corrected chi connectivity index (χ4v) is 6.60. The summed E-state index contributed by atoms with van der Waals surface area (Å²) in [6.45, 7) is 2.62. The van der Waals surface area contributed by atoms with Crippen LogP contribution in [0.5, 0.6) is 11.5 Å². The van der Waals surface area contributed by atoms with E-state index in [1.165, 1.54) is 58.0 Å². The highest BCUT2D eigenvalue weighted by Gasteiger charge is 2.63. The van der Waals surface area contributed by atoms with Gasteiger partial charge < -0.3 is 9.47 Å². The number of benzene rings is 1. The molecule has 2 aliphatic heterocycles.